The van der Waals surface area contributed by atoms with Crippen LogP contribution in [-0.4, -0.2) is 59.8 Å². The standard InChI is InChI=1S/C23H23F6N5O3/c24-22(25,26)15-3-4-17(23(27,28)29)16(13-15)20(35)34-11-9-33(10-12-34)18-5-6-19(32-31-18)37-21(36)30-8-7-14-1-2-14/h3-6,13-14H,1-2,7-12H2,(H,30,36). The summed E-state index contributed by atoms with van der Waals surface area (Å²) in [5, 5.41) is 10.4. The molecule has 1 N–H and O–H groups in total. The fourth-order valence-electron chi connectivity index (χ4n) is 3.91. The molecule has 2 aromatic rings. The highest BCUT2D eigenvalue weighted by Gasteiger charge is 2.40. The van der Waals surface area contributed by atoms with Crippen molar-refractivity contribution in [3.63, 3.8) is 0 Å². The SMILES string of the molecule is O=C(NCCC1CC1)Oc1ccc(N2CCN(C(=O)c3cc(C(F)(F)F)ccc3C(F)(F)F)CC2)nn1. The van der Waals surface area contributed by atoms with Crippen LogP contribution in [0.25, 0.3) is 0 Å². The number of carbonyl (C=O) groups excluding carboxylic acids is 2. The molecule has 0 radical (unpaired) electrons. The Bertz CT molecular complexity index is 1130. The molecule has 200 valence electrons. The van der Waals surface area contributed by atoms with Crippen LogP contribution in [0.15, 0.2) is 30.3 Å². The van der Waals surface area contributed by atoms with E-state index in [-0.39, 0.29) is 44.2 Å². The summed E-state index contributed by atoms with van der Waals surface area (Å²) < 4.78 is 84.4. The van der Waals surface area contributed by atoms with Gasteiger partial charge in [0.05, 0.1) is 16.7 Å². The number of alkyl halides is 6. The minimum absolute atomic E-state index is 0.0225. The number of piperazine rings is 1. The first-order valence-electron chi connectivity index (χ1n) is 11.5. The van der Waals surface area contributed by atoms with E-state index in [0.29, 0.717) is 24.3 Å². The summed E-state index contributed by atoms with van der Waals surface area (Å²) >= 11 is 0. The van der Waals surface area contributed by atoms with E-state index in [2.05, 4.69) is 15.5 Å². The van der Waals surface area contributed by atoms with Crippen molar-refractivity contribution < 1.29 is 40.7 Å². The molecule has 0 atom stereocenters. The van der Waals surface area contributed by atoms with Gasteiger partial charge in [-0.25, -0.2) is 4.79 Å². The summed E-state index contributed by atoms with van der Waals surface area (Å²) in [4.78, 5) is 27.4. The van der Waals surface area contributed by atoms with Crippen LogP contribution in [0.3, 0.4) is 0 Å². The van der Waals surface area contributed by atoms with Gasteiger partial charge >= 0.3 is 18.4 Å². The molecule has 0 bridgehead atoms. The van der Waals surface area contributed by atoms with E-state index in [0.717, 1.165) is 11.3 Å². The molecular weight excluding hydrogens is 508 g/mol. The van der Waals surface area contributed by atoms with Gasteiger partial charge in [0.1, 0.15) is 0 Å². The van der Waals surface area contributed by atoms with Crippen LogP contribution < -0.4 is 15.0 Å². The Hall–Kier alpha value is -3.58. The molecule has 2 heterocycles. The lowest BCUT2D eigenvalue weighted by Gasteiger charge is -2.35. The third kappa shape index (κ3) is 6.80. The number of halogens is 6. The first-order chi connectivity index (χ1) is 17.4. The van der Waals surface area contributed by atoms with Gasteiger partial charge < -0.3 is 19.9 Å². The molecular formula is C23H23F6N5O3. The number of carbonyl (C=O) groups is 2. The molecule has 2 fully saturated rings. The van der Waals surface area contributed by atoms with Crippen molar-refractivity contribution in [1.29, 1.82) is 0 Å². The van der Waals surface area contributed by atoms with Gasteiger partial charge in [0, 0.05) is 38.8 Å². The van der Waals surface area contributed by atoms with E-state index in [4.69, 9.17) is 4.74 Å². The lowest BCUT2D eigenvalue weighted by Crippen LogP contribution is -2.49. The van der Waals surface area contributed by atoms with Crippen molar-refractivity contribution in [3.05, 3.63) is 47.0 Å². The van der Waals surface area contributed by atoms with E-state index in [1.165, 1.54) is 25.0 Å². The van der Waals surface area contributed by atoms with Crippen LogP contribution in [-0.2, 0) is 12.4 Å². The average Bonchev–Trinajstić information content (AvgIpc) is 3.67. The molecule has 0 spiro atoms. The maximum atomic E-state index is 13.4. The Morgan fingerprint density at radius 3 is 2.22 bits per heavy atom. The number of hydrogen-bond donors (Lipinski definition) is 1. The fraction of sp³-hybridized carbons (Fsp3) is 0.478. The van der Waals surface area contributed by atoms with Gasteiger partial charge in [0.2, 0.25) is 5.88 Å². The Kier molecular flexibility index (Phi) is 7.46. The van der Waals surface area contributed by atoms with Crippen LogP contribution in [0.1, 0.15) is 40.7 Å². The molecule has 0 unspecified atom stereocenters. The van der Waals surface area contributed by atoms with Crippen LogP contribution in [0.2, 0.25) is 0 Å². The molecule has 8 nitrogen and oxygen atoms in total. The molecule has 2 amide bonds. The molecule has 14 heteroatoms. The number of aromatic nitrogens is 2. The molecule has 37 heavy (non-hydrogen) atoms. The molecule has 1 aromatic carbocycles. The maximum Gasteiger partial charge on any atom is 0.417 e. The van der Waals surface area contributed by atoms with E-state index < -0.39 is 41.0 Å². The number of benzene rings is 1. The highest BCUT2D eigenvalue weighted by molar-refractivity contribution is 5.96. The smallest absolute Gasteiger partial charge is 0.390 e. The van der Waals surface area contributed by atoms with Crippen LogP contribution in [0.4, 0.5) is 37.0 Å². The number of amides is 2. The van der Waals surface area contributed by atoms with Gasteiger partial charge in [-0.05, 0) is 36.6 Å². The normalized spacial score (nSPS) is 16.5. The molecule has 4 rings (SSSR count). The van der Waals surface area contributed by atoms with Crippen molar-refractivity contribution in [2.24, 2.45) is 5.92 Å². The maximum absolute atomic E-state index is 13.4. The van der Waals surface area contributed by atoms with Crippen molar-refractivity contribution >= 4 is 17.8 Å². The number of anilines is 1. The van der Waals surface area contributed by atoms with Crippen LogP contribution >= 0.6 is 0 Å². The monoisotopic (exact) mass is 531 g/mol. The Morgan fingerprint density at radius 2 is 1.65 bits per heavy atom. The second-order valence-electron chi connectivity index (χ2n) is 8.81. The van der Waals surface area contributed by atoms with E-state index in [1.54, 1.807) is 4.90 Å². The topological polar surface area (TPSA) is 87.7 Å². The zero-order valence-corrected chi connectivity index (χ0v) is 19.4. The highest BCUT2D eigenvalue weighted by Crippen LogP contribution is 2.37. The van der Waals surface area contributed by atoms with Crippen LogP contribution in [0.5, 0.6) is 5.88 Å². The van der Waals surface area contributed by atoms with Gasteiger partial charge in [-0.2, -0.15) is 26.3 Å². The quantitative estimate of drug-likeness (QED) is 0.558. The molecule has 2 aliphatic rings. The third-order valence-corrected chi connectivity index (χ3v) is 6.12. The first-order valence-corrected chi connectivity index (χ1v) is 11.5. The summed E-state index contributed by atoms with van der Waals surface area (Å²) in [6.45, 7) is 0.722. The zero-order chi connectivity index (χ0) is 26.8. The van der Waals surface area contributed by atoms with Crippen molar-refractivity contribution in [3.8, 4) is 5.88 Å². The largest absolute Gasteiger partial charge is 0.417 e. The summed E-state index contributed by atoms with van der Waals surface area (Å²) in [6, 6.07) is 3.79. The number of nitrogens with zero attached hydrogens (tertiary/aromatic N) is 4. The third-order valence-electron chi connectivity index (χ3n) is 6.12. The summed E-state index contributed by atoms with van der Waals surface area (Å²) in [6.07, 6.45) is -7.31. The molecule has 1 aliphatic carbocycles. The van der Waals surface area contributed by atoms with Crippen molar-refractivity contribution in [1.82, 2.24) is 20.4 Å². The minimum Gasteiger partial charge on any atom is -0.390 e. The summed E-state index contributed by atoms with van der Waals surface area (Å²) in [5.74, 6) is -0.123. The van der Waals surface area contributed by atoms with E-state index in [9.17, 15) is 35.9 Å². The van der Waals surface area contributed by atoms with Gasteiger partial charge in [-0.3, -0.25) is 4.79 Å². The Morgan fingerprint density at radius 1 is 0.946 bits per heavy atom. The number of hydrogen-bond acceptors (Lipinski definition) is 6. The molecule has 1 saturated carbocycles. The second kappa shape index (κ2) is 10.4. The Labute approximate surface area is 207 Å². The van der Waals surface area contributed by atoms with Gasteiger partial charge in [-0.15, -0.1) is 10.2 Å². The fourth-order valence-corrected chi connectivity index (χ4v) is 3.91. The van der Waals surface area contributed by atoms with E-state index in [1.807, 2.05) is 0 Å². The molecule has 1 aromatic heterocycles. The first kappa shape index (κ1) is 26.5. The summed E-state index contributed by atoms with van der Waals surface area (Å²) in [7, 11) is 0. The Balaban J connectivity index is 1.35. The molecule has 1 saturated heterocycles. The predicted octanol–water partition coefficient (Wildman–Crippen LogP) is 4.37. The second-order valence-corrected chi connectivity index (χ2v) is 8.81. The zero-order valence-electron chi connectivity index (χ0n) is 19.4. The molecule has 1 aliphatic heterocycles. The summed E-state index contributed by atoms with van der Waals surface area (Å²) in [5.41, 5.74) is -3.81. The van der Waals surface area contributed by atoms with E-state index >= 15 is 0 Å². The van der Waals surface area contributed by atoms with Crippen molar-refractivity contribution in [2.45, 2.75) is 31.6 Å². The van der Waals surface area contributed by atoms with Gasteiger partial charge in [0.15, 0.2) is 5.82 Å². The van der Waals surface area contributed by atoms with Gasteiger partial charge in [0.25, 0.3) is 5.91 Å². The lowest BCUT2D eigenvalue weighted by molar-refractivity contribution is -0.141. The highest BCUT2D eigenvalue weighted by atomic mass is 19.4. The van der Waals surface area contributed by atoms with Crippen LogP contribution in [0, 0.1) is 5.92 Å². The number of nitrogens with one attached hydrogen (secondary N) is 1. The average molecular weight is 531 g/mol. The van der Waals surface area contributed by atoms with Crippen molar-refractivity contribution in [2.75, 3.05) is 37.6 Å². The van der Waals surface area contributed by atoms with Gasteiger partial charge in [-0.1, -0.05) is 12.8 Å². The lowest BCUT2D eigenvalue weighted by atomic mass is 10.0. The number of rotatable bonds is 6. The minimum atomic E-state index is -5.00. The predicted molar refractivity (Wildman–Crippen MR) is 118 cm³/mol. The number of ether oxygens (including phenoxy) is 1.